The number of aldehydes is 1. The second kappa shape index (κ2) is 6.52. The maximum atomic E-state index is 11.1. The summed E-state index contributed by atoms with van der Waals surface area (Å²) >= 11 is 0. The molecular weight excluding hydrogens is 256 g/mol. The highest BCUT2D eigenvalue weighted by Gasteiger charge is 2.08. The van der Waals surface area contributed by atoms with Gasteiger partial charge in [-0.25, -0.2) is 4.79 Å². The smallest absolute Gasteiger partial charge is 0.335 e. The maximum absolute atomic E-state index is 11.1. The zero-order valence-electron chi connectivity index (χ0n) is 10.8. The van der Waals surface area contributed by atoms with E-state index in [9.17, 15) is 9.59 Å². The van der Waals surface area contributed by atoms with Crippen LogP contribution in [0.3, 0.4) is 0 Å². The van der Waals surface area contributed by atoms with Crippen molar-refractivity contribution in [2.24, 2.45) is 0 Å². The molecule has 4 nitrogen and oxygen atoms in total. The van der Waals surface area contributed by atoms with Gasteiger partial charge in [-0.3, -0.25) is 4.79 Å². The van der Waals surface area contributed by atoms with Crippen molar-refractivity contribution in [1.29, 1.82) is 0 Å². The number of carboxylic acids is 1. The van der Waals surface area contributed by atoms with Gasteiger partial charge >= 0.3 is 5.97 Å². The number of benzene rings is 2. The number of carboxylic acid groups (broad SMARTS) is 1. The molecular formula is C16H14O4. The zero-order chi connectivity index (χ0) is 14.4. The first-order valence-electron chi connectivity index (χ1n) is 6.20. The van der Waals surface area contributed by atoms with Gasteiger partial charge < -0.3 is 9.84 Å². The average molecular weight is 270 g/mol. The summed E-state index contributed by atoms with van der Waals surface area (Å²) < 4.78 is 5.54. The van der Waals surface area contributed by atoms with Crippen LogP contribution in [0.4, 0.5) is 0 Å². The van der Waals surface area contributed by atoms with Crippen molar-refractivity contribution < 1.29 is 19.4 Å². The Morgan fingerprint density at radius 3 is 2.70 bits per heavy atom. The van der Waals surface area contributed by atoms with Gasteiger partial charge in [0.25, 0.3) is 0 Å². The molecule has 0 aliphatic rings. The molecule has 0 aliphatic heterocycles. The fourth-order valence-corrected chi connectivity index (χ4v) is 1.90. The molecule has 2 aromatic rings. The molecule has 0 saturated carbocycles. The highest BCUT2D eigenvalue weighted by atomic mass is 16.5. The van der Waals surface area contributed by atoms with Gasteiger partial charge in [0.2, 0.25) is 0 Å². The lowest BCUT2D eigenvalue weighted by molar-refractivity contribution is 0.0695. The topological polar surface area (TPSA) is 63.6 Å². The van der Waals surface area contributed by atoms with Crippen LogP contribution in [0.2, 0.25) is 0 Å². The van der Waals surface area contributed by atoms with Gasteiger partial charge in [-0.15, -0.1) is 0 Å². The molecule has 2 rings (SSSR count). The van der Waals surface area contributed by atoms with Crippen LogP contribution < -0.4 is 4.74 Å². The lowest BCUT2D eigenvalue weighted by Crippen LogP contribution is -2.07. The SMILES string of the molecule is O=Cc1cccc(OCCc2ccccc2C(=O)O)c1. The number of carbonyl (C=O) groups excluding carboxylic acids is 1. The summed E-state index contributed by atoms with van der Waals surface area (Å²) in [6, 6.07) is 13.7. The Labute approximate surface area is 116 Å². The van der Waals surface area contributed by atoms with Crippen molar-refractivity contribution >= 4 is 12.3 Å². The second-order valence-corrected chi connectivity index (χ2v) is 4.25. The van der Waals surface area contributed by atoms with Gasteiger partial charge in [0.1, 0.15) is 12.0 Å². The lowest BCUT2D eigenvalue weighted by Gasteiger charge is -2.08. The van der Waals surface area contributed by atoms with E-state index in [4.69, 9.17) is 9.84 Å². The Balaban J connectivity index is 1.99. The standard InChI is InChI=1S/C16H14O4/c17-11-12-4-3-6-14(10-12)20-9-8-13-5-1-2-7-15(13)16(18)19/h1-7,10-11H,8-9H2,(H,18,19). The van der Waals surface area contributed by atoms with E-state index in [0.29, 0.717) is 24.3 Å². The predicted molar refractivity (Wildman–Crippen MR) is 74.4 cm³/mol. The third-order valence-corrected chi connectivity index (χ3v) is 2.88. The van der Waals surface area contributed by atoms with Gasteiger partial charge in [0.05, 0.1) is 12.2 Å². The monoisotopic (exact) mass is 270 g/mol. The Bertz CT molecular complexity index is 619. The van der Waals surface area contributed by atoms with E-state index < -0.39 is 5.97 Å². The molecule has 20 heavy (non-hydrogen) atoms. The minimum atomic E-state index is -0.941. The molecule has 1 N–H and O–H groups in total. The van der Waals surface area contributed by atoms with Crippen LogP contribution in [-0.2, 0) is 6.42 Å². The number of hydrogen-bond acceptors (Lipinski definition) is 3. The van der Waals surface area contributed by atoms with Gasteiger partial charge in [-0.1, -0.05) is 30.3 Å². The predicted octanol–water partition coefficient (Wildman–Crippen LogP) is 2.82. The molecule has 0 spiro atoms. The summed E-state index contributed by atoms with van der Waals surface area (Å²) in [5.74, 6) is -0.342. The first-order chi connectivity index (χ1) is 9.70. The average Bonchev–Trinajstić information content (AvgIpc) is 2.48. The van der Waals surface area contributed by atoms with Crippen LogP contribution in [0.1, 0.15) is 26.3 Å². The van der Waals surface area contributed by atoms with E-state index in [1.165, 1.54) is 0 Å². The van der Waals surface area contributed by atoms with Crippen LogP contribution in [0.15, 0.2) is 48.5 Å². The summed E-state index contributed by atoms with van der Waals surface area (Å²) in [6.45, 7) is 0.354. The molecule has 0 atom stereocenters. The molecule has 2 aromatic carbocycles. The summed E-state index contributed by atoms with van der Waals surface area (Å²) in [6.07, 6.45) is 1.25. The first kappa shape index (κ1) is 13.8. The van der Waals surface area contributed by atoms with E-state index in [1.54, 1.807) is 48.5 Å². The van der Waals surface area contributed by atoms with E-state index in [2.05, 4.69) is 0 Å². The van der Waals surface area contributed by atoms with E-state index in [1.807, 2.05) is 0 Å². The van der Waals surface area contributed by atoms with E-state index in [-0.39, 0.29) is 5.56 Å². The number of aromatic carboxylic acids is 1. The zero-order valence-corrected chi connectivity index (χ0v) is 10.8. The van der Waals surface area contributed by atoms with Crippen molar-refractivity contribution in [3.05, 3.63) is 65.2 Å². The maximum Gasteiger partial charge on any atom is 0.335 e. The fraction of sp³-hybridized carbons (Fsp3) is 0.125. The van der Waals surface area contributed by atoms with Crippen LogP contribution >= 0.6 is 0 Å². The molecule has 102 valence electrons. The van der Waals surface area contributed by atoms with Crippen LogP contribution in [0, 0.1) is 0 Å². The molecule has 0 aliphatic carbocycles. The summed E-state index contributed by atoms with van der Waals surface area (Å²) in [4.78, 5) is 21.7. The Morgan fingerprint density at radius 2 is 1.95 bits per heavy atom. The number of hydrogen-bond donors (Lipinski definition) is 1. The largest absolute Gasteiger partial charge is 0.493 e. The summed E-state index contributed by atoms with van der Waals surface area (Å²) in [5, 5.41) is 9.07. The van der Waals surface area contributed by atoms with E-state index >= 15 is 0 Å². The van der Waals surface area contributed by atoms with Crippen molar-refractivity contribution in [2.45, 2.75) is 6.42 Å². The molecule has 0 aromatic heterocycles. The Kier molecular flexibility index (Phi) is 4.50. The van der Waals surface area contributed by atoms with Gasteiger partial charge in [0.15, 0.2) is 0 Å². The Morgan fingerprint density at radius 1 is 1.15 bits per heavy atom. The van der Waals surface area contributed by atoms with Crippen LogP contribution in [0.25, 0.3) is 0 Å². The molecule has 0 unspecified atom stereocenters. The quantitative estimate of drug-likeness (QED) is 0.820. The summed E-state index contributed by atoms with van der Waals surface area (Å²) in [5.41, 5.74) is 1.57. The molecule has 0 saturated heterocycles. The number of carbonyl (C=O) groups is 2. The molecule has 0 amide bonds. The normalized spacial score (nSPS) is 10.0. The lowest BCUT2D eigenvalue weighted by atomic mass is 10.1. The number of ether oxygens (including phenoxy) is 1. The van der Waals surface area contributed by atoms with Crippen molar-refractivity contribution in [2.75, 3.05) is 6.61 Å². The van der Waals surface area contributed by atoms with Gasteiger partial charge in [-0.05, 0) is 23.8 Å². The minimum Gasteiger partial charge on any atom is -0.493 e. The minimum absolute atomic E-state index is 0.290. The molecule has 0 bridgehead atoms. The Hall–Kier alpha value is -2.62. The third-order valence-electron chi connectivity index (χ3n) is 2.88. The number of rotatable bonds is 6. The van der Waals surface area contributed by atoms with Crippen molar-refractivity contribution in [1.82, 2.24) is 0 Å². The molecule has 0 fully saturated rings. The van der Waals surface area contributed by atoms with Crippen molar-refractivity contribution in [3.8, 4) is 5.75 Å². The van der Waals surface area contributed by atoms with Gasteiger partial charge in [-0.2, -0.15) is 0 Å². The highest BCUT2D eigenvalue weighted by Crippen LogP contribution is 2.14. The summed E-state index contributed by atoms with van der Waals surface area (Å²) in [7, 11) is 0. The van der Waals surface area contributed by atoms with Crippen LogP contribution in [0.5, 0.6) is 5.75 Å². The van der Waals surface area contributed by atoms with Crippen molar-refractivity contribution in [3.63, 3.8) is 0 Å². The first-order valence-corrected chi connectivity index (χ1v) is 6.20. The third kappa shape index (κ3) is 3.45. The van der Waals surface area contributed by atoms with E-state index in [0.717, 1.165) is 11.8 Å². The fourth-order valence-electron chi connectivity index (χ4n) is 1.90. The molecule has 4 heteroatoms. The second-order valence-electron chi connectivity index (χ2n) is 4.25. The van der Waals surface area contributed by atoms with Gasteiger partial charge in [0, 0.05) is 12.0 Å². The molecule has 0 radical (unpaired) electrons. The molecule has 0 heterocycles. The van der Waals surface area contributed by atoms with Crippen LogP contribution in [-0.4, -0.2) is 24.0 Å². The highest BCUT2D eigenvalue weighted by molar-refractivity contribution is 5.89.